The van der Waals surface area contributed by atoms with Crippen LogP contribution in [0.15, 0.2) is 36.7 Å². The van der Waals surface area contributed by atoms with Gasteiger partial charge in [-0.2, -0.15) is 0 Å². The smallest absolute Gasteiger partial charge is 0.179 e. The van der Waals surface area contributed by atoms with Crippen LogP contribution >= 0.6 is 11.6 Å². The largest absolute Gasteiger partial charge is 0.497 e. The zero-order chi connectivity index (χ0) is 23.5. The molecular weight excluding hydrogens is 456 g/mol. The molecule has 0 radical (unpaired) electrons. The standard InChI is InChI=1S/C25H29ClN4O4/c1-32-17-2-3-21-19(11-17)18(20(26)13-29-21)4-6-30-7-5-22(23(31)15-30)28-12-16-10-24-25(14-27-16)34-9-8-33-24/h2-3,10-11,13-14,22-23,28,31H,4-9,12,15H2,1H3/t22-,23+/m1/s1. The van der Waals surface area contributed by atoms with E-state index in [9.17, 15) is 5.11 Å². The molecule has 5 rings (SSSR count). The molecule has 1 fully saturated rings. The van der Waals surface area contributed by atoms with E-state index >= 15 is 0 Å². The molecule has 0 saturated carbocycles. The Kier molecular flexibility index (Phi) is 7.01. The number of aliphatic hydroxyl groups excluding tert-OH is 1. The highest BCUT2D eigenvalue weighted by Gasteiger charge is 2.27. The van der Waals surface area contributed by atoms with Crippen LogP contribution in [-0.2, 0) is 13.0 Å². The van der Waals surface area contributed by atoms with Gasteiger partial charge >= 0.3 is 0 Å². The van der Waals surface area contributed by atoms with E-state index in [0.717, 1.165) is 59.6 Å². The predicted octanol–water partition coefficient (Wildman–Crippen LogP) is 2.83. The van der Waals surface area contributed by atoms with Crippen LogP contribution in [0.5, 0.6) is 17.2 Å². The number of hydrogen-bond donors (Lipinski definition) is 2. The number of fused-ring (bicyclic) bond motifs is 2. The van der Waals surface area contributed by atoms with Crippen LogP contribution in [0.3, 0.4) is 0 Å². The number of benzene rings is 1. The topological polar surface area (TPSA) is 89.0 Å². The molecule has 4 heterocycles. The Labute approximate surface area is 203 Å². The summed E-state index contributed by atoms with van der Waals surface area (Å²) in [5.74, 6) is 2.20. The predicted molar refractivity (Wildman–Crippen MR) is 130 cm³/mol. The number of nitrogens with one attached hydrogen (secondary N) is 1. The van der Waals surface area contributed by atoms with Gasteiger partial charge in [-0.3, -0.25) is 9.97 Å². The molecule has 0 spiro atoms. The zero-order valence-corrected chi connectivity index (χ0v) is 19.9. The molecule has 2 aliphatic rings. The van der Waals surface area contributed by atoms with Gasteiger partial charge in [0.25, 0.3) is 0 Å². The molecule has 34 heavy (non-hydrogen) atoms. The molecule has 2 atom stereocenters. The molecule has 8 nitrogen and oxygen atoms in total. The summed E-state index contributed by atoms with van der Waals surface area (Å²) in [6.45, 7) is 3.98. The van der Waals surface area contributed by atoms with Gasteiger partial charge in [-0.1, -0.05) is 11.6 Å². The van der Waals surface area contributed by atoms with Crippen LogP contribution in [-0.4, -0.2) is 72.1 Å². The van der Waals surface area contributed by atoms with Crippen molar-refractivity contribution in [1.82, 2.24) is 20.2 Å². The minimum absolute atomic E-state index is 0.0147. The van der Waals surface area contributed by atoms with Gasteiger partial charge in [0.2, 0.25) is 0 Å². The lowest BCUT2D eigenvalue weighted by Gasteiger charge is -2.36. The molecule has 9 heteroatoms. The fourth-order valence-electron chi connectivity index (χ4n) is 4.61. The minimum Gasteiger partial charge on any atom is -0.497 e. The third-order valence-corrected chi connectivity index (χ3v) is 6.84. The maximum absolute atomic E-state index is 10.8. The lowest BCUT2D eigenvalue weighted by molar-refractivity contribution is 0.0403. The second-order valence-corrected chi connectivity index (χ2v) is 9.09. The van der Waals surface area contributed by atoms with Gasteiger partial charge in [-0.05, 0) is 43.1 Å². The number of hydrogen-bond acceptors (Lipinski definition) is 8. The van der Waals surface area contributed by atoms with Crippen LogP contribution in [0.25, 0.3) is 10.9 Å². The van der Waals surface area contributed by atoms with E-state index in [1.807, 2.05) is 24.3 Å². The maximum Gasteiger partial charge on any atom is 0.179 e. The Bertz CT molecular complexity index is 1160. The number of β-amino-alcohol motifs (C(OH)–C–C–N with tert-alkyl or cyclic N) is 1. The third-order valence-electron chi connectivity index (χ3n) is 6.51. The summed E-state index contributed by atoms with van der Waals surface area (Å²) in [6, 6.07) is 7.76. The summed E-state index contributed by atoms with van der Waals surface area (Å²) in [7, 11) is 1.66. The Morgan fingerprint density at radius 1 is 1.18 bits per heavy atom. The molecule has 0 bridgehead atoms. The first-order chi connectivity index (χ1) is 16.6. The van der Waals surface area contributed by atoms with E-state index in [2.05, 4.69) is 20.2 Å². The van der Waals surface area contributed by atoms with Crippen LogP contribution in [0.4, 0.5) is 0 Å². The number of nitrogens with zero attached hydrogens (tertiary/aromatic N) is 3. The van der Waals surface area contributed by atoms with Crippen LogP contribution in [0.2, 0.25) is 5.02 Å². The number of rotatable bonds is 7. The normalized spacial score (nSPS) is 20.4. The summed E-state index contributed by atoms with van der Waals surface area (Å²) >= 11 is 6.51. The first-order valence-corrected chi connectivity index (χ1v) is 12.0. The Morgan fingerprint density at radius 3 is 2.85 bits per heavy atom. The van der Waals surface area contributed by atoms with Gasteiger partial charge in [0.05, 0.1) is 35.6 Å². The average molecular weight is 485 g/mol. The van der Waals surface area contributed by atoms with Gasteiger partial charge in [0.1, 0.15) is 19.0 Å². The number of halogens is 1. The van der Waals surface area contributed by atoms with Crippen molar-refractivity contribution < 1.29 is 19.3 Å². The molecule has 3 aromatic rings. The van der Waals surface area contributed by atoms with Gasteiger partial charge in [0, 0.05) is 43.3 Å². The van der Waals surface area contributed by atoms with Gasteiger partial charge in [0.15, 0.2) is 11.5 Å². The van der Waals surface area contributed by atoms with Gasteiger partial charge < -0.3 is 29.5 Å². The quantitative estimate of drug-likeness (QED) is 0.529. The van der Waals surface area contributed by atoms with Crippen LogP contribution in [0.1, 0.15) is 17.7 Å². The summed E-state index contributed by atoms with van der Waals surface area (Å²) < 4.78 is 16.5. The summed E-state index contributed by atoms with van der Waals surface area (Å²) in [5, 5.41) is 15.9. The molecule has 1 saturated heterocycles. The minimum atomic E-state index is -0.462. The molecule has 1 aromatic carbocycles. The average Bonchev–Trinajstić information content (AvgIpc) is 2.87. The molecule has 0 unspecified atom stereocenters. The Morgan fingerprint density at radius 2 is 2.03 bits per heavy atom. The fraction of sp³-hybridized carbons (Fsp3) is 0.440. The number of aromatic nitrogens is 2. The molecule has 0 amide bonds. The SMILES string of the molecule is COc1ccc2ncc(Cl)c(CCN3CC[C@@H](NCc4cc5c(cn4)OCCO5)[C@@H](O)C3)c2c1. The maximum atomic E-state index is 10.8. The van der Waals surface area contributed by atoms with E-state index < -0.39 is 6.10 Å². The van der Waals surface area contributed by atoms with Gasteiger partial charge in [-0.15, -0.1) is 0 Å². The van der Waals surface area contributed by atoms with Crippen molar-refractivity contribution in [3.05, 3.63) is 52.9 Å². The van der Waals surface area contributed by atoms with Crippen molar-refractivity contribution in [3.8, 4) is 17.2 Å². The number of piperidine rings is 1. The lowest BCUT2D eigenvalue weighted by atomic mass is 10.00. The number of aliphatic hydroxyl groups is 1. The van der Waals surface area contributed by atoms with E-state index in [-0.39, 0.29) is 6.04 Å². The van der Waals surface area contributed by atoms with E-state index in [1.54, 1.807) is 19.5 Å². The highest BCUT2D eigenvalue weighted by atomic mass is 35.5. The second kappa shape index (κ2) is 10.3. The number of methoxy groups -OCH3 is 1. The molecule has 2 aromatic heterocycles. The summed E-state index contributed by atoms with van der Waals surface area (Å²) in [4.78, 5) is 11.2. The monoisotopic (exact) mass is 484 g/mol. The van der Waals surface area contributed by atoms with Crippen molar-refractivity contribution >= 4 is 22.5 Å². The fourth-order valence-corrected chi connectivity index (χ4v) is 4.86. The summed E-state index contributed by atoms with van der Waals surface area (Å²) in [5.41, 5.74) is 2.83. The number of pyridine rings is 2. The Hall–Kier alpha value is -2.65. The van der Waals surface area contributed by atoms with Gasteiger partial charge in [-0.25, -0.2) is 0 Å². The van der Waals surface area contributed by atoms with E-state index in [1.165, 1.54) is 0 Å². The van der Waals surface area contributed by atoms with E-state index in [0.29, 0.717) is 37.1 Å². The second-order valence-electron chi connectivity index (χ2n) is 8.68. The molecule has 2 aliphatic heterocycles. The first-order valence-electron chi connectivity index (χ1n) is 11.6. The zero-order valence-electron chi connectivity index (χ0n) is 19.2. The van der Waals surface area contributed by atoms with Crippen molar-refractivity contribution in [1.29, 1.82) is 0 Å². The highest BCUT2D eigenvalue weighted by Crippen LogP contribution is 2.30. The molecule has 0 aliphatic carbocycles. The molecular formula is C25H29ClN4O4. The van der Waals surface area contributed by atoms with E-state index in [4.69, 9.17) is 25.8 Å². The number of ether oxygens (including phenoxy) is 3. The summed E-state index contributed by atoms with van der Waals surface area (Å²) in [6.07, 6.45) is 4.58. The Balaban J connectivity index is 1.16. The number of likely N-dealkylation sites (tertiary alicyclic amines) is 1. The van der Waals surface area contributed by atoms with Crippen LogP contribution in [0, 0.1) is 0 Å². The lowest BCUT2D eigenvalue weighted by Crippen LogP contribution is -2.52. The molecule has 180 valence electrons. The van der Waals surface area contributed by atoms with Crippen molar-refractivity contribution in [2.24, 2.45) is 0 Å². The first kappa shape index (κ1) is 23.1. The van der Waals surface area contributed by atoms with Crippen molar-refractivity contribution in [3.63, 3.8) is 0 Å². The van der Waals surface area contributed by atoms with Crippen molar-refractivity contribution in [2.75, 3.05) is 40.0 Å². The highest BCUT2D eigenvalue weighted by molar-refractivity contribution is 6.32. The van der Waals surface area contributed by atoms with Crippen LogP contribution < -0.4 is 19.5 Å². The van der Waals surface area contributed by atoms with Crippen molar-refractivity contribution in [2.45, 2.75) is 31.5 Å². The molecule has 2 N–H and O–H groups in total. The third kappa shape index (κ3) is 5.05.